The number of nitrogens with zero attached hydrogens (tertiary/aromatic N) is 3. The van der Waals surface area contributed by atoms with Crippen molar-refractivity contribution < 1.29 is 4.79 Å². The van der Waals surface area contributed by atoms with Crippen molar-refractivity contribution in [2.24, 2.45) is 0 Å². The van der Waals surface area contributed by atoms with Gasteiger partial charge in [-0.2, -0.15) is 0 Å². The Labute approximate surface area is 120 Å². The van der Waals surface area contributed by atoms with E-state index >= 15 is 0 Å². The molecule has 1 atom stereocenters. The molecular formula is C15H22N4O. The van der Waals surface area contributed by atoms with Gasteiger partial charge in [0, 0.05) is 44.1 Å². The van der Waals surface area contributed by atoms with E-state index in [0.717, 1.165) is 25.2 Å². The lowest BCUT2D eigenvalue weighted by molar-refractivity contribution is -0.121. The summed E-state index contributed by atoms with van der Waals surface area (Å²) in [7, 11) is 2.11. The Kier molecular flexibility index (Phi) is 5.24. The first-order valence-electron chi connectivity index (χ1n) is 7.07. The zero-order valence-corrected chi connectivity index (χ0v) is 12.2. The van der Waals surface area contributed by atoms with E-state index in [9.17, 15) is 4.79 Å². The van der Waals surface area contributed by atoms with Crippen molar-refractivity contribution in [2.45, 2.75) is 32.2 Å². The van der Waals surface area contributed by atoms with Crippen molar-refractivity contribution >= 4 is 5.91 Å². The minimum absolute atomic E-state index is 0.0722. The molecule has 0 saturated heterocycles. The van der Waals surface area contributed by atoms with Gasteiger partial charge >= 0.3 is 0 Å². The molecule has 0 fully saturated rings. The highest BCUT2D eigenvalue weighted by molar-refractivity contribution is 5.76. The van der Waals surface area contributed by atoms with E-state index in [1.165, 1.54) is 5.57 Å². The molecule has 1 amide bonds. The Morgan fingerprint density at radius 2 is 2.35 bits per heavy atom. The fraction of sp³-hybridized carbons (Fsp3) is 0.533. The van der Waals surface area contributed by atoms with Gasteiger partial charge in [-0.15, -0.1) is 0 Å². The number of amides is 1. The fourth-order valence-corrected chi connectivity index (χ4v) is 2.29. The van der Waals surface area contributed by atoms with E-state index in [0.29, 0.717) is 12.8 Å². The molecule has 0 saturated carbocycles. The molecule has 20 heavy (non-hydrogen) atoms. The Hall–Kier alpha value is -1.75. The summed E-state index contributed by atoms with van der Waals surface area (Å²) in [6.45, 7) is 4.08. The summed E-state index contributed by atoms with van der Waals surface area (Å²) in [5.74, 6) is 0.0722. The summed E-state index contributed by atoms with van der Waals surface area (Å²) in [5, 5.41) is 3.06. The third-order valence-electron chi connectivity index (χ3n) is 3.61. The Bertz CT molecular complexity index is 472. The van der Waals surface area contributed by atoms with Gasteiger partial charge in [0.15, 0.2) is 0 Å². The summed E-state index contributed by atoms with van der Waals surface area (Å²) >= 11 is 0. The molecule has 2 rings (SSSR count). The summed E-state index contributed by atoms with van der Waals surface area (Å²) in [5.41, 5.74) is 2.18. The lowest BCUT2D eigenvalue weighted by Crippen LogP contribution is -2.37. The van der Waals surface area contributed by atoms with Crippen LogP contribution in [-0.2, 0) is 11.2 Å². The number of carbonyl (C=O) groups excluding carboxylic acids is 1. The number of nitrogens with one attached hydrogen (secondary N) is 1. The Balaban J connectivity index is 1.77. The quantitative estimate of drug-likeness (QED) is 0.819. The number of carbonyl (C=O) groups is 1. The van der Waals surface area contributed by atoms with Crippen molar-refractivity contribution in [1.82, 2.24) is 20.2 Å². The van der Waals surface area contributed by atoms with E-state index in [2.05, 4.69) is 40.2 Å². The zero-order chi connectivity index (χ0) is 14.4. The van der Waals surface area contributed by atoms with Crippen LogP contribution in [-0.4, -0.2) is 47.0 Å². The maximum Gasteiger partial charge on any atom is 0.220 e. The normalized spacial score (nSPS) is 17.4. The van der Waals surface area contributed by atoms with Gasteiger partial charge in [0.2, 0.25) is 5.91 Å². The molecule has 1 N–H and O–H groups in total. The first kappa shape index (κ1) is 14.7. The van der Waals surface area contributed by atoms with E-state index in [4.69, 9.17) is 0 Å². The molecular weight excluding hydrogens is 252 g/mol. The fourth-order valence-electron chi connectivity index (χ4n) is 2.29. The smallest absolute Gasteiger partial charge is 0.220 e. The zero-order valence-electron chi connectivity index (χ0n) is 12.2. The van der Waals surface area contributed by atoms with Crippen LogP contribution in [0.4, 0.5) is 0 Å². The van der Waals surface area contributed by atoms with E-state index < -0.39 is 0 Å². The van der Waals surface area contributed by atoms with Crippen LogP contribution in [0.3, 0.4) is 0 Å². The summed E-state index contributed by atoms with van der Waals surface area (Å²) in [4.78, 5) is 22.4. The molecule has 1 aliphatic rings. The molecule has 1 aromatic heterocycles. The highest BCUT2D eigenvalue weighted by Gasteiger charge is 2.15. The monoisotopic (exact) mass is 274 g/mol. The molecule has 1 aromatic rings. The molecule has 5 nitrogen and oxygen atoms in total. The first-order valence-corrected chi connectivity index (χ1v) is 7.07. The average molecular weight is 274 g/mol. The van der Waals surface area contributed by atoms with Gasteiger partial charge in [0.25, 0.3) is 0 Å². The molecule has 0 aliphatic carbocycles. The maximum absolute atomic E-state index is 11.9. The number of hydrogen-bond acceptors (Lipinski definition) is 4. The minimum Gasteiger partial charge on any atom is -0.350 e. The van der Waals surface area contributed by atoms with Gasteiger partial charge < -0.3 is 10.2 Å². The second kappa shape index (κ2) is 7.14. The van der Waals surface area contributed by atoms with Gasteiger partial charge in [-0.05, 0) is 32.4 Å². The minimum atomic E-state index is 0.0722. The van der Waals surface area contributed by atoms with E-state index in [-0.39, 0.29) is 11.9 Å². The predicted octanol–water partition coefficient (Wildman–Crippen LogP) is 1.18. The summed E-state index contributed by atoms with van der Waals surface area (Å²) < 4.78 is 0. The van der Waals surface area contributed by atoms with Crippen LogP contribution < -0.4 is 5.32 Å². The van der Waals surface area contributed by atoms with Crippen LogP contribution in [0.5, 0.6) is 0 Å². The van der Waals surface area contributed by atoms with Gasteiger partial charge in [-0.1, -0.05) is 6.08 Å². The summed E-state index contributed by atoms with van der Waals surface area (Å²) in [6.07, 6.45) is 9.33. The van der Waals surface area contributed by atoms with Gasteiger partial charge in [0.05, 0.1) is 5.69 Å². The van der Waals surface area contributed by atoms with Crippen LogP contribution >= 0.6 is 0 Å². The molecule has 5 heteroatoms. The van der Waals surface area contributed by atoms with Crippen molar-refractivity contribution in [2.75, 3.05) is 20.1 Å². The van der Waals surface area contributed by atoms with Crippen molar-refractivity contribution in [3.63, 3.8) is 0 Å². The molecule has 0 unspecified atom stereocenters. The molecule has 0 radical (unpaired) electrons. The number of aryl methyl sites for hydroxylation is 1. The topological polar surface area (TPSA) is 58.1 Å². The van der Waals surface area contributed by atoms with Crippen molar-refractivity contribution in [1.29, 1.82) is 0 Å². The highest BCUT2D eigenvalue weighted by atomic mass is 16.1. The van der Waals surface area contributed by atoms with E-state index in [1.807, 2.05) is 0 Å². The van der Waals surface area contributed by atoms with E-state index in [1.54, 1.807) is 18.6 Å². The van der Waals surface area contributed by atoms with Crippen LogP contribution in [0.2, 0.25) is 0 Å². The lowest BCUT2D eigenvalue weighted by atomic mass is 10.0. The van der Waals surface area contributed by atoms with Crippen LogP contribution in [0.1, 0.15) is 25.5 Å². The molecule has 2 heterocycles. The predicted molar refractivity (Wildman–Crippen MR) is 78.2 cm³/mol. The average Bonchev–Trinajstić information content (AvgIpc) is 2.47. The number of hydrogen-bond donors (Lipinski definition) is 1. The Morgan fingerprint density at radius 1 is 1.50 bits per heavy atom. The second-order valence-electron chi connectivity index (χ2n) is 5.28. The maximum atomic E-state index is 11.9. The number of likely N-dealkylation sites (N-methyl/N-ethyl adjacent to an activating group) is 1. The van der Waals surface area contributed by atoms with Crippen LogP contribution in [0.15, 0.2) is 30.2 Å². The third kappa shape index (κ3) is 4.42. The van der Waals surface area contributed by atoms with Crippen molar-refractivity contribution in [3.05, 3.63) is 35.9 Å². The largest absolute Gasteiger partial charge is 0.350 e. The molecule has 1 aliphatic heterocycles. The third-order valence-corrected chi connectivity index (χ3v) is 3.61. The molecule has 0 bridgehead atoms. The van der Waals surface area contributed by atoms with Crippen LogP contribution in [0.25, 0.3) is 0 Å². The first-order chi connectivity index (χ1) is 9.65. The number of aromatic nitrogens is 2. The number of rotatable bonds is 5. The SMILES string of the molecule is C[C@H](NC(=O)CCc1cnccn1)C1=CCN(C)CC1. The highest BCUT2D eigenvalue weighted by Crippen LogP contribution is 2.13. The standard InChI is InChI=1S/C15H22N4O/c1-12(13-5-9-19(2)10-6-13)18-15(20)4-3-14-11-16-7-8-17-14/h5,7-8,11-12H,3-4,6,9-10H2,1-2H3,(H,18,20)/t12-/m0/s1. The lowest BCUT2D eigenvalue weighted by Gasteiger charge is -2.26. The molecule has 0 aromatic carbocycles. The van der Waals surface area contributed by atoms with Gasteiger partial charge in [0.1, 0.15) is 0 Å². The second-order valence-corrected chi connectivity index (χ2v) is 5.28. The Morgan fingerprint density at radius 3 is 3.00 bits per heavy atom. The van der Waals surface area contributed by atoms with Gasteiger partial charge in [-0.25, -0.2) is 0 Å². The van der Waals surface area contributed by atoms with Crippen molar-refractivity contribution in [3.8, 4) is 0 Å². The molecule has 0 spiro atoms. The molecule has 108 valence electrons. The van der Waals surface area contributed by atoms with Crippen LogP contribution in [0, 0.1) is 0 Å². The summed E-state index contributed by atoms with van der Waals surface area (Å²) in [6, 6.07) is 0.123. The van der Waals surface area contributed by atoms with Gasteiger partial charge in [-0.3, -0.25) is 14.8 Å².